The van der Waals surface area contributed by atoms with Gasteiger partial charge in [-0.1, -0.05) is 65.7 Å². The number of nitrogens with one attached hydrogen (secondary N) is 1. The SMILES string of the molecule is CC(Sc1ccc(OCc2c(Cl)cccc2Cl)cc1)C(=O)N/C(N)=N/N.c1ccccc1. The minimum absolute atomic E-state index is 0.121. The Balaban J connectivity index is 0.000000520. The number of halogens is 2. The van der Waals surface area contributed by atoms with Gasteiger partial charge in [-0.2, -0.15) is 0 Å². The highest BCUT2D eigenvalue weighted by Crippen LogP contribution is 2.28. The number of hydrogen-bond donors (Lipinski definition) is 3. The number of carbonyl (C=O) groups excluding carboxylic acids is 1. The summed E-state index contributed by atoms with van der Waals surface area (Å²) in [6.07, 6.45) is 0. The van der Waals surface area contributed by atoms with E-state index < -0.39 is 0 Å². The highest BCUT2D eigenvalue weighted by atomic mass is 35.5. The fourth-order valence-corrected chi connectivity index (χ4v) is 3.72. The predicted molar refractivity (Wildman–Crippen MR) is 133 cm³/mol. The summed E-state index contributed by atoms with van der Waals surface area (Å²) >= 11 is 13.6. The minimum atomic E-state index is -0.371. The standard InChI is InChI=1S/C17H18Cl2N4O2S.C6H6/c1-10(16(24)22-17(20)23-21)26-12-7-5-11(6-8-12)25-9-13-14(18)3-2-4-15(13)19;1-2-4-6-5-3-1/h2-8,10H,9,21H2,1H3,(H3,20,22,23,24);1-6H. The van der Waals surface area contributed by atoms with Crippen molar-refractivity contribution in [3.8, 4) is 5.75 Å². The van der Waals surface area contributed by atoms with Crippen molar-refractivity contribution in [1.82, 2.24) is 5.32 Å². The Kier molecular flexibility index (Phi) is 10.7. The number of rotatable bonds is 6. The first-order valence-electron chi connectivity index (χ1n) is 9.57. The Hall–Kier alpha value is -2.87. The molecule has 5 N–H and O–H groups in total. The van der Waals surface area contributed by atoms with Crippen LogP contribution in [0.25, 0.3) is 0 Å². The molecule has 0 spiro atoms. The Morgan fingerprint density at radius 1 is 1.00 bits per heavy atom. The van der Waals surface area contributed by atoms with Gasteiger partial charge in [0.05, 0.1) is 5.25 Å². The van der Waals surface area contributed by atoms with E-state index in [0.29, 0.717) is 15.8 Å². The number of guanidine groups is 1. The van der Waals surface area contributed by atoms with E-state index in [-0.39, 0.29) is 23.7 Å². The molecule has 0 aliphatic rings. The predicted octanol–water partition coefficient (Wildman–Crippen LogP) is 5.04. The number of nitrogens with zero attached hydrogens (tertiary/aromatic N) is 1. The van der Waals surface area contributed by atoms with Gasteiger partial charge in [0.25, 0.3) is 0 Å². The number of carbonyl (C=O) groups is 1. The molecule has 0 saturated heterocycles. The molecule has 3 rings (SSSR count). The molecule has 0 bridgehead atoms. The molecule has 1 amide bonds. The van der Waals surface area contributed by atoms with Crippen LogP contribution in [0.1, 0.15) is 12.5 Å². The van der Waals surface area contributed by atoms with Gasteiger partial charge < -0.3 is 16.3 Å². The second-order valence-electron chi connectivity index (χ2n) is 6.38. The lowest BCUT2D eigenvalue weighted by atomic mass is 10.2. The summed E-state index contributed by atoms with van der Waals surface area (Å²) < 4.78 is 5.72. The zero-order chi connectivity index (χ0) is 23.3. The van der Waals surface area contributed by atoms with Crippen molar-refractivity contribution in [2.24, 2.45) is 16.7 Å². The molecule has 0 fully saturated rings. The number of amides is 1. The normalized spacial score (nSPS) is 11.7. The Morgan fingerprint density at radius 3 is 2.03 bits per heavy atom. The summed E-state index contributed by atoms with van der Waals surface area (Å²) in [7, 11) is 0. The molecule has 0 saturated carbocycles. The number of thioether (sulfide) groups is 1. The summed E-state index contributed by atoms with van der Waals surface area (Å²) in [6, 6.07) is 24.7. The van der Waals surface area contributed by atoms with Gasteiger partial charge in [-0.25, -0.2) is 0 Å². The van der Waals surface area contributed by atoms with Gasteiger partial charge in [0, 0.05) is 20.5 Å². The quantitative estimate of drug-likeness (QED) is 0.147. The van der Waals surface area contributed by atoms with Crippen LogP contribution in [-0.2, 0) is 11.4 Å². The van der Waals surface area contributed by atoms with E-state index in [9.17, 15) is 4.79 Å². The van der Waals surface area contributed by atoms with Crippen molar-refractivity contribution in [2.75, 3.05) is 0 Å². The summed E-state index contributed by atoms with van der Waals surface area (Å²) in [6.45, 7) is 2.02. The fourth-order valence-electron chi connectivity index (χ4n) is 2.34. The first kappa shape index (κ1) is 25.4. The molecule has 1 atom stereocenters. The molecular formula is C23H24Cl2N4O2S. The molecule has 6 nitrogen and oxygen atoms in total. The summed E-state index contributed by atoms with van der Waals surface area (Å²) in [5.41, 5.74) is 6.11. The molecule has 0 aliphatic heterocycles. The van der Waals surface area contributed by atoms with Gasteiger partial charge in [0.15, 0.2) is 0 Å². The van der Waals surface area contributed by atoms with E-state index >= 15 is 0 Å². The van der Waals surface area contributed by atoms with Gasteiger partial charge in [-0.15, -0.1) is 16.9 Å². The maximum atomic E-state index is 11.9. The molecule has 168 valence electrons. The lowest BCUT2D eigenvalue weighted by molar-refractivity contribution is -0.118. The molecule has 1 unspecified atom stereocenters. The average Bonchev–Trinajstić information content (AvgIpc) is 2.81. The zero-order valence-corrected chi connectivity index (χ0v) is 19.7. The van der Waals surface area contributed by atoms with E-state index in [1.54, 1.807) is 25.1 Å². The first-order chi connectivity index (χ1) is 15.4. The Labute approximate surface area is 201 Å². The van der Waals surface area contributed by atoms with E-state index in [4.69, 9.17) is 39.5 Å². The van der Waals surface area contributed by atoms with E-state index in [2.05, 4.69) is 10.4 Å². The number of nitrogens with two attached hydrogens (primary N) is 2. The summed E-state index contributed by atoms with van der Waals surface area (Å²) in [5, 5.41) is 6.36. The van der Waals surface area contributed by atoms with Gasteiger partial charge in [-0.3, -0.25) is 10.1 Å². The maximum Gasteiger partial charge on any atom is 0.239 e. The lowest BCUT2D eigenvalue weighted by Crippen LogP contribution is -2.41. The molecule has 0 radical (unpaired) electrons. The molecule has 9 heteroatoms. The zero-order valence-electron chi connectivity index (χ0n) is 17.4. The second-order valence-corrected chi connectivity index (χ2v) is 8.61. The van der Waals surface area contributed by atoms with Gasteiger partial charge in [-0.05, 0) is 43.3 Å². The Bertz CT molecular complexity index is 971. The second kappa shape index (κ2) is 13.5. The van der Waals surface area contributed by atoms with Gasteiger partial charge in [0.2, 0.25) is 11.9 Å². The molecular weight excluding hydrogens is 467 g/mol. The van der Waals surface area contributed by atoms with Crippen LogP contribution in [0.15, 0.2) is 88.9 Å². The largest absolute Gasteiger partial charge is 0.489 e. The van der Waals surface area contributed by atoms with Crippen molar-refractivity contribution in [1.29, 1.82) is 0 Å². The van der Waals surface area contributed by atoms with Crippen molar-refractivity contribution in [2.45, 2.75) is 23.7 Å². The molecule has 3 aromatic rings. The van der Waals surface area contributed by atoms with Crippen LogP contribution in [0.4, 0.5) is 0 Å². The summed E-state index contributed by atoms with van der Waals surface area (Å²) in [4.78, 5) is 12.8. The van der Waals surface area contributed by atoms with Gasteiger partial charge in [0.1, 0.15) is 12.4 Å². The van der Waals surface area contributed by atoms with Crippen LogP contribution in [0.5, 0.6) is 5.75 Å². The molecule has 32 heavy (non-hydrogen) atoms. The summed E-state index contributed by atoms with van der Waals surface area (Å²) in [5.74, 6) is 5.26. The highest BCUT2D eigenvalue weighted by molar-refractivity contribution is 8.00. The smallest absolute Gasteiger partial charge is 0.239 e. The van der Waals surface area contributed by atoms with Crippen LogP contribution in [0.3, 0.4) is 0 Å². The van der Waals surface area contributed by atoms with Crippen molar-refractivity contribution in [3.63, 3.8) is 0 Å². The Morgan fingerprint density at radius 2 is 1.53 bits per heavy atom. The topological polar surface area (TPSA) is 103 Å². The minimum Gasteiger partial charge on any atom is -0.489 e. The fraction of sp³-hybridized carbons (Fsp3) is 0.130. The van der Waals surface area contributed by atoms with Crippen molar-refractivity contribution >= 4 is 46.8 Å². The van der Waals surface area contributed by atoms with Crippen LogP contribution >= 0.6 is 35.0 Å². The monoisotopic (exact) mass is 490 g/mol. The highest BCUT2D eigenvalue weighted by Gasteiger charge is 2.15. The van der Waals surface area contributed by atoms with E-state index in [0.717, 1.165) is 10.5 Å². The van der Waals surface area contributed by atoms with Crippen molar-refractivity contribution < 1.29 is 9.53 Å². The molecule has 3 aromatic carbocycles. The molecule has 0 aliphatic carbocycles. The van der Waals surface area contributed by atoms with E-state index in [1.165, 1.54) is 11.8 Å². The van der Waals surface area contributed by atoms with Crippen LogP contribution in [0.2, 0.25) is 10.0 Å². The third kappa shape index (κ3) is 8.70. The maximum absolute atomic E-state index is 11.9. The number of hydrogen-bond acceptors (Lipinski definition) is 5. The third-order valence-corrected chi connectivity index (χ3v) is 5.83. The molecule has 0 aromatic heterocycles. The third-order valence-electron chi connectivity index (χ3n) is 4.01. The number of benzene rings is 3. The first-order valence-corrected chi connectivity index (χ1v) is 11.2. The number of ether oxygens (including phenoxy) is 1. The van der Waals surface area contributed by atoms with Crippen LogP contribution in [-0.4, -0.2) is 17.1 Å². The van der Waals surface area contributed by atoms with Gasteiger partial charge >= 0.3 is 0 Å². The lowest BCUT2D eigenvalue weighted by Gasteiger charge is -2.12. The van der Waals surface area contributed by atoms with Crippen molar-refractivity contribution in [3.05, 3.63) is 94.5 Å². The number of hydrazone groups is 1. The van der Waals surface area contributed by atoms with Crippen LogP contribution in [0, 0.1) is 0 Å². The van der Waals surface area contributed by atoms with E-state index in [1.807, 2.05) is 60.7 Å². The molecule has 0 heterocycles. The van der Waals surface area contributed by atoms with Crippen LogP contribution < -0.4 is 21.6 Å². The average molecular weight is 491 g/mol.